The SMILES string of the molecule is CCCCC(CC(C)C)=[C]([Al])CC(C)C. The number of hydrogen-bond acceptors (Lipinski definition) is 0. The first-order chi connectivity index (χ1) is 6.97. The van der Waals surface area contributed by atoms with Crippen LogP contribution in [0.5, 0.6) is 0 Å². The molecule has 0 bridgehead atoms. The highest BCUT2D eigenvalue weighted by Gasteiger charge is 2.05. The predicted molar refractivity (Wildman–Crippen MR) is 71.2 cm³/mol. The molecule has 0 saturated carbocycles. The molecule has 1 heteroatoms. The van der Waals surface area contributed by atoms with E-state index in [0.29, 0.717) is 0 Å². The van der Waals surface area contributed by atoms with Gasteiger partial charge in [-0.1, -0.05) is 46.6 Å². The maximum Gasteiger partial charge on any atom is 0.168 e. The Balaban J connectivity index is 4.41. The van der Waals surface area contributed by atoms with E-state index in [1.54, 1.807) is 10.0 Å². The number of rotatable bonds is 7. The molecule has 0 N–H and O–H groups in total. The van der Waals surface area contributed by atoms with E-state index >= 15 is 0 Å². The molecule has 0 saturated heterocycles. The highest BCUT2D eigenvalue weighted by Crippen LogP contribution is 2.23. The van der Waals surface area contributed by atoms with Crippen LogP contribution in [0, 0.1) is 11.8 Å². The molecule has 0 unspecified atom stereocenters. The molecule has 15 heavy (non-hydrogen) atoms. The van der Waals surface area contributed by atoms with Gasteiger partial charge in [-0.05, 0) is 37.5 Å². The third-order valence-corrected chi connectivity index (χ3v) is 3.21. The molecule has 0 rings (SSSR count). The minimum atomic E-state index is 0.779. The maximum atomic E-state index is 2.98. The van der Waals surface area contributed by atoms with Crippen molar-refractivity contribution in [1.29, 1.82) is 0 Å². The zero-order valence-electron chi connectivity index (χ0n) is 11.3. The fraction of sp³-hybridized carbons (Fsp3) is 0.857. The zero-order chi connectivity index (χ0) is 11.8. The summed E-state index contributed by atoms with van der Waals surface area (Å²) in [7, 11) is 0. The van der Waals surface area contributed by atoms with Gasteiger partial charge in [-0.2, -0.15) is 4.44 Å². The Hall–Kier alpha value is 0.272. The smallest absolute Gasteiger partial charge is 0.159 e. The number of unbranched alkanes of at least 4 members (excludes halogenated alkanes) is 1. The lowest BCUT2D eigenvalue weighted by Gasteiger charge is -2.17. The topological polar surface area (TPSA) is 0 Å². The molecule has 0 spiro atoms. The number of hydrogen-bond donors (Lipinski definition) is 0. The van der Waals surface area contributed by atoms with Crippen LogP contribution in [0.4, 0.5) is 0 Å². The van der Waals surface area contributed by atoms with E-state index in [2.05, 4.69) is 50.9 Å². The van der Waals surface area contributed by atoms with Gasteiger partial charge in [-0.15, -0.1) is 0 Å². The molecule has 0 fully saturated rings. The first-order valence-corrected chi connectivity index (χ1v) is 7.01. The molecule has 0 atom stereocenters. The van der Waals surface area contributed by atoms with Crippen LogP contribution < -0.4 is 0 Å². The molecule has 0 aromatic rings. The van der Waals surface area contributed by atoms with Crippen molar-refractivity contribution in [3.8, 4) is 0 Å². The molecule has 0 nitrogen and oxygen atoms in total. The van der Waals surface area contributed by atoms with Gasteiger partial charge in [-0.3, -0.25) is 0 Å². The van der Waals surface area contributed by atoms with Gasteiger partial charge >= 0.3 is 0 Å². The van der Waals surface area contributed by atoms with Crippen molar-refractivity contribution in [3.63, 3.8) is 0 Å². The van der Waals surface area contributed by atoms with Gasteiger partial charge in [0.05, 0.1) is 0 Å². The predicted octanol–water partition coefficient (Wildman–Crippen LogP) is 4.69. The van der Waals surface area contributed by atoms with Crippen molar-refractivity contribution in [3.05, 3.63) is 10.0 Å². The van der Waals surface area contributed by atoms with Gasteiger partial charge < -0.3 is 0 Å². The van der Waals surface area contributed by atoms with Gasteiger partial charge in [0.2, 0.25) is 0 Å². The summed E-state index contributed by atoms with van der Waals surface area (Å²) in [6.45, 7) is 11.5. The van der Waals surface area contributed by atoms with Gasteiger partial charge in [0.15, 0.2) is 16.3 Å². The van der Waals surface area contributed by atoms with Crippen LogP contribution in [0.15, 0.2) is 10.0 Å². The van der Waals surface area contributed by atoms with E-state index in [9.17, 15) is 0 Å². The van der Waals surface area contributed by atoms with E-state index in [1.165, 1.54) is 32.1 Å². The largest absolute Gasteiger partial charge is 0.168 e. The lowest BCUT2D eigenvalue weighted by atomic mass is 9.95. The Morgan fingerprint density at radius 2 is 1.53 bits per heavy atom. The summed E-state index contributed by atoms with van der Waals surface area (Å²) in [5, 5.41) is 0. The van der Waals surface area contributed by atoms with Crippen molar-refractivity contribution in [2.45, 2.75) is 66.7 Å². The average Bonchev–Trinajstić information content (AvgIpc) is 2.10. The van der Waals surface area contributed by atoms with Gasteiger partial charge in [0.1, 0.15) is 0 Å². The normalized spacial score (nSPS) is 13.5. The third kappa shape index (κ3) is 8.12. The van der Waals surface area contributed by atoms with Crippen molar-refractivity contribution in [2.24, 2.45) is 11.8 Å². The van der Waals surface area contributed by atoms with E-state index in [4.69, 9.17) is 0 Å². The molecular weight excluding hydrogens is 195 g/mol. The van der Waals surface area contributed by atoms with Gasteiger partial charge in [0, 0.05) is 0 Å². The van der Waals surface area contributed by atoms with Crippen LogP contribution in [0.1, 0.15) is 66.7 Å². The van der Waals surface area contributed by atoms with E-state index in [0.717, 1.165) is 11.8 Å². The first kappa shape index (κ1) is 15.3. The molecule has 0 amide bonds. The second-order valence-corrected chi connectivity index (χ2v) is 6.13. The van der Waals surface area contributed by atoms with Crippen molar-refractivity contribution in [2.75, 3.05) is 0 Å². The van der Waals surface area contributed by atoms with Gasteiger partial charge in [0.25, 0.3) is 0 Å². The second-order valence-electron chi connectivity index (χ2n) is 5.43. The maximum absolute atomic E-state index is 2.98. The summed E-state index contributed by atoms with van der Waals surface area (Å²) in [5.41, 5.74) is 1.70. The van der Waals surface area contributed by atoms with Crippen LogP contribution in [-0.2, 0) is 0 Å². The molecule has 0 aromatic heterocycles. The van der Waals surface area contributed by atoms with Crippen LogP contribution in [-0.4, -0.2) is 16.3 Å². The Kier molecular flexibility index (Phi) is 8.58. The summed E-state index contributed by atoms with van der Waals surface area (Å²) >= 11 is 2.98. The first-order valence-electron chi connectivity index (χ1n) is 6.43. The monoisotopic (exact) mass is 222 g/mol. The Morgan fingerprint density at radius 3 is 1.93 bits per heavy atom. The lowest BCUT2D eigenvalue weighted by Crippen LogP contribution is -2.01. The van der Waals surface area contributed by atoms with Crippen LogP contribution in [0.25, 0.3) is 0 Å². The molecule has 2 radical (unpaired) electrons. The van der Waals surface area contributed by atoms with Crippen molar-refractivity contribution >= 4 is 16.3 Å². The lowest BCUT2D eigenvalue weighted by molar-refractivity contribution is 0.595. The van der Waals surface area contributed by atoms with Crippen LogP contribution in [0.2, 0.25) is 0 Å². The molecule has 0 aliphatic heterocycles. The molecule has 0 aliphatic carbocycles. The van der Waals surface area contributed by atoms with Gasteiger partial charge in [-0.25, -0.2) is 0 Å². The second kappa shape index (κ2) is 8.43. The highest BCUT2D eigenvalue weighted by molar-refractivity contribution is 6.22. The fourth-order valence-electron chi connectivity index (χ4n) is 1.86. The minimum Gasteiger partial charge on any atom is -0.159 e. The Morgan fingerprint density at radius 1 is 1.00 bits per heavy atom. The summed E-state index contributed by atoms with van der Waals surface area (Å²) in [4.78, 5) is 0. The third-order valence-electron chi connectivity index (χ3n) is 2.57. The summed E-state index contributed by atoms with van der Waals surface area (Å²) in [5.74, 6) is 1.57. The Bertz CT molecular complexity index is 190. The van der Waals surface area contributed by atoms with Crippen molar-refractivity contribution in [1.82, 2.24) is 0 Å². The van der Waals surface area contributed by atoms with E-state index in [-0.39, 0.29) is 0 Å². The molecule has 0 aliphatic rings. The number of allylic oxidation sites excluding steroid dienone is 2. The molecule has 86 valence electrons. The van der Waals surface area contributed by atoms with E-state index in [1.807, 2.05) is 0 Å². The minimum absolute atomic E-state index is 0.779. The molecule has 0 heterocycles. The van der Waals surface area contributed by atoms with Crippen LogP contribution >= 0.6 is 0 Å². The summed E-state index contributed by atoms with van der Waals surface area (Å²) < 4.78 is 1.58. The summed E-state index contributed by atoms with van der Waals surface area (Å²) in [6.07, 6.45) is 6.49. The quantitative estimate of drug-likeness (QED) is 0.548. The highest BCUT2D eigenvalue weighted by atomic mass is 27.0. The molecular formula is C14H27Al. The summed E-state index contributed by atoms with van der Waals surface area (Å²) in [6, 6.07) is 0. The van der Waals surface area contributed by atoms with E-state index < -0.39 is 0 Å². The standard InChI is InChI=1S/C14H27.Al/c1-6-7-8-14(11-13(4)5)10-9-12(2)3;/h12-13H,6-9,11H2,1-5H3;. The van der Waals surface area contributed by atoms with Crippen molar-refractivity contribution < 1.29 is 0 Å². The zero-order valence-corrected chi connectivity index (χ0v) is 12.4. The Labute approximate surface area is 105 Å². The fourth-order valence-corrected chi connectivity index (χ4v) is 2.59. The average molecular weight is 222 g/mol. The molecule has 0 aromatic carbocycles. The van der Waals surface area contributed by atoms with Crippen LogP contribution in [0.3, 0.4) is 0 Å².